The van der Waals surface area contributed by atoms with Gasteiger partial charge < -0.3 is 15.2 Å². The van der Waals surface area contributed by atoms with Crippen LogP contribution in [0.25, 0.3) is 22.4 Å². The zero-order valence-electron chi connectivity index (χ0n) is 21.1. The van der Waals surface area contributed by atoms with Crippen molar-refractivity contribution in [2.75, 3.05) is 19.5 Å². The third-order valence-corrected chi connectivity index (χ3v) is 6.93. The zero-order valence-corrected chi connectivity index (χ0v) is 21.8. The summed E-state index contributed by atoms with van der Waals surface area (Å²) in [4.78, 5) is 29.1. The van der Waals surface area contributed by atoms with Gasteiger partial charge >= 0.3 is 11.9 Å². The second-order valence-corrected chi connectivity index (χ2v) is 9.44. The third-order valence-electron chi connectivity index (χ3n) is 6.64. The maximum Gasteiger partial charge on any atom is 0.322 e. The first-order chi connectivity index (χ1) is 18.3. The standard InChI is InChI=1S/C30H24ClN3O4/c1-17-8-13-21(14-20(17)15-26(35)36)34(2)29-28-24(32-30(29)37)16-23(31)27(33-28)19-11-9-18(10-12-19)22-6-4-5-7-25(22)38-3/h4-14,16H,15H2,1-3H3,(H,35,36)/p+1. The Labute approximate surface area is 225 Å². The number of anilines is 1. The Balaban J connectivity index is 1.56. The van der Waals surface area contributed by atoms with Crippen molar-refractivity contribution in [3.63, 3.8) is 0 Å². The monoisotopic (exact) mass is 526 g/mol. The van der Waals surface area contributed by atoms with E-state index in [1.807, 2.05) is 67.6 Å². The average Bonchev–Trinajstić information content (AvgIpc) is 3.23. The number of aliphatic carboxylic acids is 1. The molecular formula is C30H25ClN3O4+. The second-order valence-electron chi connectivity index (χ2n) is 9.04. The van der Waals surface area contributed by atoms with Gasteiger partial charge in [0.25, 0.3) is 5.71 Å². The number of carboxylic acids is 1. The molecule has 0 saturated heterocycles. The van der Waals surface area contributed by atoms with Crippen LogP contribution in [0.2, 0.25) is 5.02 Å². The van der Waals surface area contributed by atoms with Crippen molar-refractivity contribution in [3.05, 3.63) is 94.6 Å². The first-order valence-electron chi connectivity index (χ1n) is 11.9. The summed E-state index contributed by atoms with van der Waals surface area (Å²) in [6, 6.07) is 22.8. The van der Waals surface area contributed by atoms with Gasteiger partial charge in [0.05, 0.1) is 29.9 Å². The van der Waals surface area contributed by atoms with Crippen LogP contribution in [0.5, 0.6) is 5.75 Å². The molecule has 0 aliphatic carbocycles. The SMILES string of the molecule is COc1ccccc1-c1ccc(-c2nc3c(cc2Cl)NC(=O)C3=[N+](C)c2ccc(C)c(CC(=O)O)c2)cc1. The van der Waals surface area contributed by atoms with Gasteiger partial charge in [0, 0.05) is 23.3 Å². The molecular weight excluding hydrogens is 502 g/mol. The molecule has 5 rings (SSSR count). The summed E-state index contributed by atoms with van der Waals surface area (Å²) in [7, 11) is 3.41. The van der Waals surface area contributed by atoms with Crippen LogP contribution in [0.3, 0.4) is 0 Å². The minimum atomic E-state index is -0.915. The molecule has 0 spiro atoms. The predicted octanol–water partition coefficient (Wildman–Crippen LogP) is 5.73. The van der Waals surface area contributed by atoms with E-state index in [9.17, 15) is 14.7 Å². The van der Waals surface area contributed by atoms with E-state index < -0.39 is 5.97 Å². The van der Waals surface area contributed by atoms with E-state index in [0.29, 0.717) is 39.1 Å². The number of benzene rings is 3. The summed E-state index contributed by atoms with van der Waals surface area (Å²) < 4.78 is 7.21. The molecule has 8 heteroatoms. The fourth-order valence-electron chi connectivity index (χ4n) is 4.61. The maximum absolute atomic E-state index is 13.0. The Morgan fingerprint density at radius 3 is 2.45 bits per heavy atom. The molecule has 1 aromatic heterocycles. The molecule has 4 aromatic rings. The normalized spacial score (nSPS) is 13.6. The average molecular weight is 527 g/mol. The number of amides is 1. The number of carbonyl (C=O) groups is 2. The lowest BCUT2D eigenvalue weighted by Gasteiger charge is -2.10. The fraction of sp³-hybridized carbons (Fsp3) is 0.133. The highest BCUT2D eigenvalue weighted by Gasteiger charge is 2.37. The van der Waals surface area contributed by atoms with E-state index in [-0.39, 0.29) is 12.3 Å². The second kappa shape index (κ2) is 10.1. The highest BCUT2D eigenvalue weighted by molar-refractivity contribution is 6.52. The van der Waals surface area contributed by atoms with Crippen LogP contribution >= 0.6 is 11.6 Å². The molecule has 2 heterocycles. The van der Waals surface area contributed by atoms with E-state index in [1.165, 1.54) is 0 Å². The number of pyridine rings is 1. The number of halogens is 1. The molecule has 7 nitrogen and oxygen atoms in total. The summed E-state index contributed by atoms with van der Waals surface area (Å²) in [6.45, 7) is 1.86. The molecule has 38 heavy (non-hydrogen) atoms. The van der Waals surface area contributed by atoms with Crippen molar-refractivity contribution < 1.29 is 24.0 Å². The van der Waals surface area contributed by atoms with Crippen LogP contribution in [-0.4, -0.2) is 46.4 Å². The van der Waals surface area contributed by atoms with Crippen LogP contribution in [0.4, 0.5) is 11.4 Å². The number of carboxylic acid groups (broad SMARTS) is 1. The van der Waals surface area contributed by atoms with Crippen LogP contribution < -0.4 is 10.1 Å². The first-order valence-corrected chi connectivity index (χ1v) is 12.3. The Morgan fingerprint density at radius 1 is 1.03 bits per heavy atom. The van der Waals surface area contributed by atoms with E-state index in [0.717, 1.165) is 28.0 Å². The number of para-hydroxylation sites is 1. The number of aromatic nitrogens is 1. The summed E-state index contributed by atoms with van der Waals surface area (Å²) in [6.07, 6.45) is -0.103. The highest BCUT2D eigenvalue weighted by Crippen LogP contribution is 2.36. The molecule has 1 aliphatic heterocycles. The lowest BCUT2D eigenvalue weighted by atomic mass is 10.0. The van der Waals surface area contributed by atoms with Crippen molar-refractivity contribution >= 4 is 40.6 Å². The number of methoxy groups -OCH3 is 1. The fourth-order valence-corrected chi connectivity index (χ4v) is 4.87. The van der Waals surface area contributed by atoms with Crippen molar-refractivity contribution in [1.29, 1.82) is 0 Å². The van der Waals surface area contributed by atoms with Crippen LogP contribution in [0.15, 0.2) is 72.8 Å². The summed E-state index contributed by atoms with van der Waals surface area (Å²) >= 11 is 6.61. The lowest BCUT2D eigenvalue weighted by Crippen LogP contribution is -2.24. The molecule has 1 amide bonds. The van der Waals surface area contributed by atoms with Gasteiger partial charge in [-0.05, 0) is 35.7 Å². The van der Waals surface area contributed by atoms with Gasteiger partial charge in [-0.1, -0.05) is 60.1 Å². The molecule has 190 valence electrons. The molecule has 2 N–H and O–H groups in total. The number of carbonyl (C=O) groups excluding carboxylic acids is 1. The predicted molar refractivity (Wildman–Crippen MR) is 148 cm³/mol. The number of nitrogens with one attached hydrogen (secondary N) is 1. The Kier molecular flexibility index (Phi) is 6.70. The number of aryl methyl sites for hydroxylation is 1. The van der Waals surface area contributed by atoms with Crippen LogP contribution in [0.1, 0.15) is 16.8 Å². The first kappa shape index (κ1) is 25.2. The molecule has 0 fully saturated rings. The van der Waals surface area contributed by atoms with E-state index in [2.05, 4.69) is 5.32 Å². The van der Waals surface area contributed by atoms with E-state index in [1.54, 1.807) is 30.9 Å². The largest absolute Gasteiger partial charge is 0.496 e. The zero-order chi connectivity index (χ0) is 27.0. The number of rotatable bonds is 6. The van der Waals surface area contributed by atoms with Crippen molar-refractivity contribution in [2.24, 2.45) is 0 Å². The number of hydrogen-bond donors (Lipinski definition) is 2. The van der Waals surface area contributed by atoms with Gasteiger partial charge in [0.2, 0.25) is 5.69 Å². The van der Waals surface area contributed by atoms with Gasteiger partial charge in [-0.25, -0.2) is 4.98 Å². The molecule has 0 bridgehead atoms. The Bertz CT molecular complexity index is 1630. The molecule has 0 atom stereocenters. The number of fused-ring (bicyclic) bond motifs is 1. The van der Waals surface area contributed by atoms with Crippen LogP contribution in [0, 0.1) is 6.92 Å². The van der Waals surface area contributed by atoms with Crippen molar-refractivity contribution in [2.45, 2.75) is 13.3 Å². The van der Waals surface area contributed by atoms with Gasteiger partial charge in [0.1, 0.15) is 12.8 Å². The van der Waals surface area contributed by atoms with Crippen molar-refractivity contribution in [3.8, 4) is 28.1 Å². The summed E-state index contributed by atoms with van der Waals surface area (Å²) in [5.41, 5.74) is 6.91. The lowest BCUT2D eigenvalue weighted by molar-refractivity contribution is -0.403. The van der Waals surface area contributed by atoms with Crippen LogP contribution in [-0.2, 0) is 16.0 Å². The minimum absolute atomic E-state index is 0.103. The topological polar surface area (TPSA) is 91.5 Å². The van der Waals surface area contributed by atoms with Gasteiger partial charge in [-0.2, -0.15) is 4.58 Å². The highest BCUT2D eigenvalue weighted by atomic mass is 35.5. The molecule has 1 aliphatic rings. The smallest absolute Gasteiger partial charge is 0.322 e. The van der Waals surface area contributed by atoms with Gasteiger partial charge in [-0.3, -0.25) is 9.59 Å². The quantitative estimate of drug-likeness (QED) is 0.313. The minimum Gasteiger partial charge on any atom is -0.496 e. The van der Waals surface area contributed by atoms with Gasteiger partial charge in [0.15, 0.2) is 5.69 Å². The number of nitrogens with zero attached hydrogens (tertiary/aromatic N) is 2. The molecule has 0 radical (unpaired) electrons. The number of ether oxygens (including phenoxy) is 1. The molecule has 3 aromatic carbocycles. The summed E-state index contributed by atoms with van der Waals surface area (Å²) in [5, 5.41) is 12.5. The molecule has 0 saturated carbocycles. The third kappa shape index (κ3) is 4.64. The molecule has 0 unspecified atom stereocenters. The van der Waals surface area contributed by atoms with E-state index in [4.69, 9.17) is 21.3 Å². The van der Waals surface area contributed by atoms with Crippen molar-refractivity contribution in [1.82, 2.24) is 4.98 Å². The van der Waals surface area contributed by atoms with Gasteiger partial charge in [-0.15, -0.1) is 0 Å². The van der Waals surface area contributed by atoms with E-state index >= 15 is 0 Å². The Hall–Kier alpha value is -4.49. The maximum atomic E-state index is 13.0. The Morgan fingerprint density at radius 2 is 1.74 bits per heavy atom. The summed E-state index contributed by atoms with van der Waals surface area (Å²) in [5.74, 6) is -0.444. The number of hydrogen-bond acceptors (Lipinski definition) is 4.